The van der Waals surface area contributed by atoms with Crippen LogP contribution < -0.4 is 4.74 Å². The maximum Gasteiger partial charge on any atom is 0.315 e. The molecule has 0 heterocycles. The van der Waals surface area contributed by atoms with E-state index in [1.807, 2.05) is 30.3 Å². The van der Waals surface area contributed by atoms with Gasteiger partial charge in [0.15, 0.2) is 0 Å². The molecule has 5 heteroatoms. The Labute approximate surface area is 133 Å². The molecule has 0 bridgehead atoms. The fraction of sp³-hybridized carbons (Fsp3) is 0.176. The van der Waals surface area contributed by atoms with E-state index in [1.54, 1.807) is 31.4 Å². The molecule has 0 aliphatic carbocycles. The van der Waals surface area contributed by atoms with Gasteiger partial charge in [0, 0.05) is 4.90 Å². The van der Waals surface area contributed by atoms with Gasteiger partial charge in [0.1, 0.15) is 11.7 Å². The highest BCUT2D eigenvalue weighted by Gasteiger charge is 2.27. The Bertz CT molecular complexity index is 637. The summed E-state index contributed by atoms with van der Waals surface area (Å²) < 4.78 is 5.05. The van der Waals surface area contributed by atoms with Gasteiger partial charge in [-0.2, -0.15) is 0 Å². The van der Waals surface area contributed by atoms with E-state index in [-0.39, 0.29) is 11.5 Å². The highest BCUT2D eigenvalue weighted by molar-refractivity contribution is 8.13. The molecule has 1 N–H and O–H groups in total. The minimum atomic E-state index is -1.10. The summed E-state index contributed by atoms with van der Waals surface area (Å²) in [6, 6.07) is 16.1. The predicted molar refractivity (Wildman–Crippen MR) is 85.1 cm³/mol. The summed E-state index contributed by atoms with van der Waals surface area (Å²) in [5, 5.41) is 8.94. The van der Waals surface area contributed by atoms with Crippen molar-refractivity contribution >= 4 is 22.8 Å². The van der Waals surface area contributed by atoms with Gasteiger partial charge in [-0.3, -0.25) is 9.59 Å². The lowest BCUT2D eigenvalue weighted by Gasteiger charge is -2.11. The Balaban J connectivity index is 2.07. The van der Waals surface area contributed by atoms with Crippen LogP contribution in [0.3, 0.4) is 0 Å². The minimum absolute atomic E-state index is 0.193. The molecule has 1 atom stereocenters. The van der Waals surface area contributed by atoms with E-state index in [0.29, 0.717) is 10.6 Å². The van der Waals surface area contributed by atoms with Crippen molar-refractivity contribution in [1.29, 1.82) is 0 Å². The third kappa shape index (κ3) is 4.36. The molecular weight excluding hydrogens is 300 g/mol. The molecule has 0 aliphatic rings. The van der Waals surface area contributed by atoms with Crippen LogP contribution in [0.15, 0.2) is 59.5 Å². The lowest BCUT2D eigenvalue weighted by molar-refractivity contribution is -0.144. The van der Waals surface area contributed by atoms with E-state index < -0.39 is 11.9 Å². The number of thioether (sulfide) groups is 1. The van der Waals surface area contributed by atoms with Gasteiger partial charge in [0.25, 0.3) is 0 Å². The average Bonchev–Trinajstić information content (AvgIpc) is 2.54. The topological polar surface area (TPSA) is 63.6 Å². The van der Waals surface area contributed by atoms with Crippen LogP contribution in [0.5, 0.6) is 5.75 Å². The fourth-order valence-electron chi connectivity index (χ4n) is 1.95. The second-order valence-corrected chi connectivity index (χ2v) is 5.76. The van der Waals surface area contributed by atoms with E-state index in [1.165, 1.54) is 0 Å². The summed E-state index contributed by atoms with van der Waals surface area (Å²) in [4.78, 5) is 24.3. The van der Waals surface area contributed by atoms with Crippen molar-refractivity contribution in [3.63, 3.8) is 0 Å². The SMILES string of the molecule is COc1ccc(SC(=O)C(Cc2ccccc2)C(=O)O)cc1. The lowest BCUT2D eigenvalue weighted by Crippen LogP contribution is -2.23. The molecule has 0 aromatic heterocycles. The monoisotopic (exact) mass is 316 g/mol. The van der Waals surface area contributed by atoms with E-state index in [2.05, 4.69) is 0 Å². The van der Waals surface area contributed by atoms with Crippen molar-refractivity contribution in [2.75, 3.05) is 7.11 Å². The number of aliphatic carboxylic acids is 1. The number of hydrogen-bond acceptors (Lipinski definition) is 4. The summed E-state index contributed by atoms with van der Waals surface area (Å²) in [6.07, 6.45) is 0.193. The van der Waals surface area contributed by atoms with Gasteiger partial charge in [-0.05, 0) is 36.2 Å². The zero-order chi connectivity index (χ0) is 15.9. The Hall–Kier alpha value is -2.27. The van der Waals surface area contributed by atoms with Crippen molar-refractivity contribution in [3.05, 3.63) is 60.2 Å². The maximum atomic E-state index is 12.3. The molecule has 0 saturated carbocycles. The number of ether oxygens (including phenoxy) is 1. The Morgan fingerprint density at radius 1 is 1.09 bits per heavy atom. The van der Waals surface area contributed by atoms with Crippen LogP contribution in [0.4, 0.5) is 0 Å². The molecule has 0 saturated heterocycles. The summed E-state index contributed by atoms with van der Waals surface area (Å²) in [7, 11) is 1.56. The van der Waals surface area contributed by atoms with Gasteiger partial charge in [-0.1, -0.05) is 42.1 Å². The number of hydrogen-bond donors (Lipinski definition) is 1. The highest BCUT2D eigenvalue weighted by Crippen LogP contribution is 2.26. The largest absolute Gasteiger partial charge is 0.497 e. The smallest absolute Gasteiger partial charge is 0.315 e. The molecule has 4 nitrogen and oxygen atoms in total. The van der Waals surface area contributed by atoms with Gasteiger partial charge in [-0.25, -0.2) is 0 Å². The van der Waals surface area contributed by atoms with Crippen molar-refractivity contribution in [2.24, 2.45) is 5.92 Å². The first kappa shape index (κ1) is 16.1. The number of rotatable bonds is 6. The van der Waals surface area contributed by atoms with E-state index in [4.69, 9.17) is 4.74 Å². The third-order valence-corrected chi connectivity index (χ3v) is 4.14. The van der Waals surface area contributed by atoms with Crippen LogP contribution in [-0.2, 0) is 16.0 Å². The maximum absolute atomic E-state index is 12.3. The standard InChI is InChI=1S/C17H16O4S/c1-21-13-7-9-14(10-8-13)22-17(20)15(16(18)19)11-12-5-3-2-4-6-12/h2-10,15H,11H2,1H3,(H,18,19). The molecule has 0 amide bonds. The summed E-state index contributed by atoms with van der Waals surface area (Å²) >= 11 is 0.943. The van der Waals surface area contributed by atoms with Gasteiger partial charge < -0.3 is 9.84 Å². The molecule has 2 aromatic carbocycles. The summed E-state index contributed by atoms with van der Waals surface area (Å²) in [5.41, 5.74) is 0.832. The lowest BCUT2D eigenvalue weighted by atomic mass is 10.0. The zero-order valence-electron chi connectivity index (χ0n) is 12.1. The molecule has 0 aliphatic heterocycles. The first-order chi connectivity index (χ1) is 10.6. The highest BCUT2D eigenvalue weighted by atomic mass is 32.2. The third-order valence-electron chi connectivity index (χ3n) is 3.14. The van der Waals surface area contributed by atoms with E-state index in [0.717, 1.165) is 17.3 Å². The summed E-state index contributed by atoms with van der Waals surface area (Å²) in [5.74, 6) is -1.47. The number of carboxylic acids is 1. The van der Waals surface area contributed by atoms with Crippen LogP contribution in [0, 0.1) is 5.92 Å². The quantitative estimate of drug-likeness (QED) is 0.654. The number of carboxylic acid groups (broad SMARTS) is 1. The van der Waals surface area contributed by atoms with Gasteiger partial charge in [-0.15, -0.1) is 0 Å². The second-order valence-electron chi connectivity index (χ2n) is 4.68. The number of carbonyl (C=O) groups excluding carboxylic acids is 1. The first-order valence-electron chi connectivity index (χ1n) is 6.72. The molecule has 0 fully saturated rings. The van der Waals surface area contributed by atoms with Crippen LogP contribution in [0.1, 0.15) is 5.56 Å². The Morgan fingerprint density at radius 3 is 2.27 bits per heavy atom. The molecule has 22 heavy (non-hydrogen) atoms. The molecule has 1 unspecified atom stereocenters. The van der Waals surface area contributed by atoms with E-state index >= 15 is 0 Å². The number of methoxy groups -OCH3 is 1. The Kier molecular flexibility index (Phi) is 5.61. The van der Waals surface area contributed by atoms with Crippen LogP contribution >= 0.6 is 11.8 Å². The van der Waals surface area contributed by atoms with Crippen molar-refractivity contribution in [1.82, 2.24) is 0 Å². The van der Waals surface area contributed by atoms with Gasteiger partial charge in [0.05, 0.1) is 7.11 Å². The molecule has 2 rings (SSSR count). The fourth-order valence-corrected chi connectivity index (χ4v) is 2.78. The first-order valence-corrected chi connectivity index (χ1v) is 7.54. The second kappa shape index (κ2) is 7.66. The molecule has 0 spiro atoms. The van der Waals surface area contributed by atoms with Crippen molar-refractivity contribution in [2.45, 2.75) is 11.3 Å². The summed E-state index contributed by atoms with van der Waals surface area (Å²) in [6.45, 7) is 0. The van der Waals surface area contributed by atoms with Gasteiger partial charge >= 0.3 is 5.97 Å². The normalized spacial score (nSPS) is 11.7. The number of benzene rings is 2. The number of carbonyl (C=O) groups is 2. The average molecular weight is 316 g/mol. The van der Waals surface area contributed by atoms with Crippen LogP contribution in [0.2, 0.25) is 0 Å². The van der Waals surface area contributed by atoms with Crippen LogP contribution in [-0.4, -0.2) is 23.3 Å². The Morgan fingerprint density at radius 2 is 1.73 bits per heavy atom. The molecule has 114 valence electrons. The van der Waals surface area contributed by atoms with E-state index in [9.17, 15) is 14.7 Å². The molecule has 0 radical (unpaired) electrons. The molecular formula is C17H16O4S. The predicted octanol–water partition coefficient (Wildman–Crippen LogP) is 3.26. The molecule has 2 aromatic rings. The zero-order valence-corrected chi connectivity index (χ0v) is 12.9. The minimum Gasteiger partial charge on any atom is -0.497 e. The van der Waals surface area contributed by atoms with Gasteiger partial charge in [0.2, 0.25) is 5.12 Å². The van der Waals surface area contributed by atoms with Crippen molar-refractivity contribution < 1.29 is 19.4 Å². The van der Waals surface area contributed by atoms with Crippen molar-refractivity contribution in [3.8, 4) is 5.75 Å². The van der Waals surface area contributed by atoms with Crippen LogP contribution in [0.25, 0.3) is 0 Å².